The Kier molecular flexibility index (Phi) is 3.64. The van der Waals surface area contributed by atoms with Crippen molar-refractivity contribution in [1.29, 1.82) is 0 Å². The minimum atomic E-state index is -0.0412. The summed E-state index contributed by atoms with van der Waals surface area (Å²) in [6.45, 7) is 6.57. The highest BCUT2D eigenvalue weighted by Crippen LogP contribution is 2.09. The van der Waals surface area contributed by atoms with E-state index in [1.54, 1.807) is 27.7 Å². The molecule has 0 saturated carbocycles. The summed E-state index contributed by atoms with van der Waals surface area (Å²) in [5.41, 5.74) is 3.25. The van der Waals surface area contributed by atoms with Crippen LogP contribution in [0.3, 0.4) is 0 Å². The second kappa shape index (κ2) is 5.22. The van der Waals surface area contributed by atoms with Crippen LogP contribution in [-0.4, -0.2) is 25.3 Å². The lowest BCUT2D eigenvalue weighted by atomic mass is 10.1. The summed E-state index contributed by atoms with van der Waals surface area (Å²) in [4.78, 5) is 12.1. The van der Waals surface area contributed by atoms with Gasteiger partial charge in [0.1, 0.15) is 0 Å². The molecule has 0 aromatic carbocycles. The predicted molar refractivity (Wildman–Crippen MR) is 73.9 cm³/mol. The van der Waals surface area contributed by atoms with Crippen LogP contribution in [0.1, 0.15) is 34.4 Å². The molecule has 0 bridgehead atoms. The highest BCUT2D eigenvalue weighted by Gasteiger charge is 2.10. The third kappa shape index (κ3) is 2.81. The third-order valence-corrected chi connectivity index (χ3v) is 3.07. The number of rotatable bonds is 4. The molecule has 0 aliphatic heterocycles. The molecular formula is C14H18N4O. The molecule has 5 heteroatoms. The van der Waals surface area contributed by atoms with Crippen LogP contribution in [0.15, 0.2) is 18.3 Å². The lowest BCUT2D eigenvalue weighted by Gasteiger charge is -1.91. The maximum absolute atomic E-state index is 12.1. The quantitative estimate of drug-likeness (QED) is 0.623. The van der Waals surface area contributed by atoms with Gasteiger partial charge in [0.05, 0.1) is 17.0 Å². The van der Waals surface area contributed by atoms with Crippen molar-refractivity contribution in [3.63, 3.8) is 0 Å². The highest BCUT2D eigenvalue weighted by atomic mass is 16.1. The molecule has 0 unspecified atom stereocenters. The van der Waals surface area contributed by atoms with Crippen LogP contribution in [0.2, 0.25) is 0 Å². The molecule has 0 amide bonds. The van der Waals surface area contributed by atoms with E-state index in [-0.39, 0.29) is 5.78 Å². The van der Waals surface area contributed by atoms with E-state index in [0.717, 1.165) is 23.6 Å². The number of carbonyl (C=O) groups is 1. The van der Waals surface area contributed by atoms with Crippen LogP contribution in [-0.2, 0) is 13.6 Å². The van der Waals surface area contributed by atoms with Crippen molar-refractivity contribution in [1.82, 2.24) is 19.6 Å². The van der Waals surface area contributed by atoms with Gasteiger partial charge in [0.15, 0.2) is 5.78 Å². The topological polar surface area (TPSA) is 52.7 Å². The van der Waals surface area contributed by atoms with Crippen LogP contribution < -0.4 is 0 Å². The van der Waals surface area contributed by atoms with Gasteiger partial charge in [-0.15, -0.1) is 0 Å². The summed E-state index contributed by atoms with van der Waals surface area (Å²) < 4.78 is 3.55. The second-order valence-corrected chi connectivity index (χ2v) is 4.52. The van der Waals surface area contributed by atoms with Crippen molar-refractivity contribution in [2.45, 2.75) is 27.3 Å². The molecule has 5 nitrogen and oxygen atoms in total. The minimum Gasteiger partial charge on any atom is -0.289 e. The Balaban J connectivity index is 2.18. The fourth-order valence-corrected chi connectivity index (χ4v) is 1.84. The summed E-state index contributed by atoms with van der Waals surface area (Å²) >= 11 is 0. The lowest BCUT2D eigenvalue weighted by Crippen LogP contribution is -1.95. The maximum Gasteiger partial charge on any atom is 0.189 e. The molecule has 0 spiro atoms. The van der Waals surface area contributed by atoms with Gasteiger partial charge in [-0.05, 0) is 39.0 Å². The largest absolute Gasteiger partial charge is 0.289 e. The Bertz CT molecular complexity index is 614. The Morgan fingerprint density at radius 1 is 1.37 bits per heavy atom. The van der Waals surface area contributed by atoms with E-state index in [1.807, 2.05) is 33.9 Å². The Morgan fingerprint density at radius 2 is 2.11 bits per heavy atom. The molecule has 2 aromatic heterocycles. The summed E-state index contributed by atoms with van der Waals surface area (Å²) in [7, 11) is 1.88. The fraction of sp³-hybridized carbons (Fsp3) is 0.357. The van der Waals surface area contributed by atoms with Gasteiger partial charge in [-0.3, -0.25) is 14.2 Å². The SMILES string of the molecule is CCn1cc(C(=O)/C=C/c2cc(C)n(C)n2)c(C)n1. The minimum absolute atomic E-state index is 0.0412. The molecule has 2 aromatic rings. The first-order valence-corrected chi connectivity index (χ1v) is 6.28. The van der Waals surface area contributed by atoms with E-state index in [2.05, 4.69) is 10.2 Å². The number of hydrogen-bond acceptors (Lipinski definition) is 3. The van der Waals surface area contributed by atoms with E-state index in [0.29, 0.717) is 5.56 Å². The molecule has 0 N–H and O–H groups in total. The first kappa shape index (κ1) is 13.3. The normalized spacial score (nSPS) is 11.4. The van der Waals surface area contributed by atoms with Crippen molar-refractivity contribution in [2.24, 2.45) is 7.05 Å². The van der Waals surface area contributed by atoms with Crippen LogP contribution in [0.4, 0.5) is 0 Å². The van der Waals surface area contributed by atoms with Crippen molar-refractivity contribution in [3.05, 3.63) is 41.0 Å². The molecule has 0 aliphatic rings. The molecule has 100 valence electrons. The molecule has 2 rings (SSSR count). The Hall–Kier alpha value is -2.17. The van der Waals surface area contributed by atoms with Crippen molar-refractivity contribution in [2.75, 3.05) is 0 Å². The van der Waals surface area contributed by atoms with Crippen molar-refractivity contribution >= 4 is 11.9 Å². The van der Waals surface area contributed by atoms with Gasteiger partial charge in [-0.1, -0.05) is 0 Å². The fourth-order valence-electron chi connectivity index (χ4n) is 1.84. The predicted octanol–water partition coefficient (Wildman–Crippen LogP) is 2.15. The maximum atomic E-state index is 12.1. The first-order valence-electron chi connectivity index (χ1n) is 6.28. The monoisotopic (exact) mass is 258 g/mol. The zero-order valence-corrected chi connectivity index (χ0v) is 11.7. The molecule has 0 atom stereocenters. The van der Waals surface area contributed by atoms with E-state index in [1.165, 1.54) is 0 Å². The van der Waals surface area contributed by atoms with Gasteiger partial charge in [0, 0.05) is 25.5 Å². The molecule has 0 aliphatic carbocycles. The molecular weight excluding hydrogens is 240 g/mol. The van der Waals surface area contributed by atoms with Gasteiger partial charge < -0.3 is 0 Å². The van der Waals surface area contributed by atoms with Crippen molar-refractivity contribution in [3.8, 4) is 0 Å². The molecule has 0 fully saturated rings. The smallest absolute Gasteiger partial charge is 0.189 e. The summed E-state index contributed by atoms with van der Waals surface area (Å²) in [5, 5.41) is 8.54. The Morgan fingerprint density at radius 3 is 2.63 bits per heavy atom. The Labute approximate surface area is 112 Å². The standard InChI is InChI=1S/C14H18N4O/c1-5-18-9-13(11(3)15-18)14(19)7-6-12-8-10(2)17(4)16-12/h6-9H,5H2,1-4H3/b7-6+. The van der Waals surface area contributed by atoms with E-state index in [9.17, 15) is 4.79 Å². The summed E-state index contributed by atoms with van der Waals surface area (Å²) in [6.07, 6.45) is 5.07. The van der Waals surface area contributed by atoms with Crippen molar-refractivity contribution < 1.29 is 4.79 Å². The molecule has 0 saturated heterocycles. The number of aromatic nitrogens is 4. The third-order valence-electron chi connectivity index (χ3n) is 3.07. The van der Waals surface area contributed by atoms with Crippen LogP contribution in [0.25, 0.3) is 6.08 Å². The molecule has 2 heterocycles. The number of carbonyl (C=O) groups excluding carboxylic acids is 1. The molecule has 19 heavy (non-hydrogen) atoms. The van der Waals surface area contributed by atoms with Gasteiger partial charge in [0.25, 0.3) is 0 Å². The average molecular weight is 258 g/mol. The number of allylic oxidation sites excluding steroid dienone is 1. The van der Waals surface area contributed by atoms with E-state index in [4.69, 9.17) is 0 Å². The second-order valence-electron chi connectivity index (χ2n) is 4.52. The summed E-state index contributed by atoms with van der Waals surface area (Å²) in [6, 6.07) is 1.94. The highest BCUT2D eigenvalue weighted by molar-refractivity contribution is 6.07. The van der Waals surface area contributed by atoms with Gasteiger partial charge >= 0.3 is 0 Å². The zero-order chi connectivity index (χ0) is 14.0. The van der Waals surface area contributed by atoms with Gasteiger partial charge in [-0.25, -0.2) is 0 Å². The number of ketones is 1. The number of aryl methyl sites for hydroxylation is 4. The van der Waals surface area contributed by atoms with E-state index >= 15 is 0 Å². The number of hydrogen-bond donors (Lipinski definition) is 0. The average Bonchev–Trinajstić information content (AvgIpc) is 2.90. The van der Waals surface area contributed by atoms with Crippen LogP contribution in [0.5, 0.6) is 0 Å². The van der Waals surface area contributed by atoms with Gasteiger partial charge in [0.2, 0.25) is 0 Å². The molecule has 0 radical (unpaired) electrons. The van der Waals surface area contributed by atoms with Gasteiger partial charge in [-0.2, -0.15) is 10.2 Å². The van der Waals surface area contributed by atoms with Crippen LogP contribution >= 0.6 is 0 Å². The number of nitrogens with zero attached hydrogens (tertiary/aromatic N) is 4. The van der Waals surface area contributed by atoms with Crippen LogP contribution in [0, 0.1) is 13.8 Å². The summed E-state index contributed by atoms with van der Waals surface area (Å²) in [5.74, 6) is -0.0412. The van der Waals surface area contributed by atoms with E-state index < -0.39 is 0 Å². The zero-order valence-electron chi connectivity index (χ0n) is 11.7. The first-order chi connectivity index (χ1) is 9.01. The lowest BCUT2D eigenvalue weighted by molar-refractivity contribution is 0.104.